The summed E-state index contributed by atoms with van der Waals surface area (Å²) < 4.78 is 4.45. The van der Waals surface area contributed by atoms with Crippen molar-refractivity contribution in [3.63, 3.8) is 0 Å². The predicted molar refractivity (Wildman–Crippen MR) is 58.8 cm³/mol. The highest BCUT2D eigenvalue weighted by Gasteiger charge is 2.16. The van der Waals surface area contributed by atoms with E-state index in [1.807, 2.05) is 0 Å². The average Bonchev–Trinajstić information content (AvgIpc) is 2.22. The number of benzene rings is 1. The maximum atomic E-state index is 11.0. The minimum absolute atomic E-state index is 0.0737. The van der Waals surface area contributed by atoms with Crippen molar-refractivity contribution in [2.75, 3.05) is 7.11 Å². The lowest BCUT2D eigenvalue weighted by Gasteiger charge is -2.05. The molecule has 1 rings (SSSR count). The standard InChI is InChI=1S/C9H7Cl2NO4/c1-16-9(13)4-6-7(10)2-5(12(14)15)3-8(6)11/h2-3H,4H2,1H3. The monoisotopic (exact) mass is 263 g/mol. The van der Waals surface area contributed by atoms with Crippen LogP contribution in [0.3, 0.4) is 0 Å². The zero-order valence-electron chi connectivity index (χ0n) is 8.20. The molecule has 86 valence electrons. The van der Waals surface area contributed by atoms with Crippen LogP contribution in [0.1, 0.15) is 5.56 Å². The van der Waals surface area contributed by atoms with E-state index in [0.717, 1.165) is 12.1 Å². The van der Waals surface area contributed by atoms with Crippen LogP contribution in [0.4, 0.5) is 5.69 Å². The maximum Gasteiger partial charge on any atom is 0.310 e. The number of carbonyl (C=O) groups excluding carboxylic acids is 1. The second-order valence-corrected chi connectivity index (χ2v) is 3.71. The lowest BCUT2D eigenvalue weighted by molar-refractivity contribution is -0.384. The molecule has 0 aliphatic carbocycles. The Labute approximate surface area is 101 Å². The Kier molecular flexibility index (Phi) is 4.09. The van der Waals surface area contributed by atoms with Crippen molar-refractivity contribution in [3.8, 4) is 0 Å². The van der Waals surface area contributed by atoms with Crippen molar-refractivity contribution >= 4 is 34.9 Å². The molecule has 0 saturated carbocycles. The van der Waals surface area contributed by atoms with Gasteiger partial charge in [0.05, 0.1) is 28.5 Å². The van der Waals surface area contributed by atoms with Gasteiger partial charge in [-0.15, -0.1) is 0 Å². The van der Waals surface area contributed by atoms with Gasteiger partial charge in [0, 0.05) is 17.7 Å². The van der Waals surface area contributed by atoms with Gasteiger partial charge in [-0.1, -0.05) is 23.2 Å². The number of nitro benzene ring substituents is 1. The summed E-state index contributed by atoms with van der Waals surface area (Å²) in [5, 5.41) is 10.6. The lowest BCUT2D eigenvalue weighted by atomic mass is 10.1. The average molecular weight is 264 g/mol. The summed E-state index contributed by atoms with van der Waals surface area (Å²) in [6.45, 7) is 0. The number of ether oxygens (including phenoxy) is 1. The molecule has 1 aromatic carbocycles. The number of carbonyl (C=O) groups is 1. The smallest absolute Gasteiger partial charge is 0.310 e. The number of esters is 1. The third-order valence-corrected chi connectivity index (χ3v) is 2.56. The number of nitro groups is 1. The largest absolute Gasteiger partial charge is 0.469 e. The van der Waals surface area contributed by atoms with E-state index in [4.69, 9.17) is 23.2 Å². The fraction of sp³-hybridized carbons (Fsp3) is 0.222. The van der Waals surface area contributed by atoms with E-state index in [1.54, 1.807) is 0 Å². The molecule has 1 aromatic rings. The van der Waals surface area contributed by atoms with Gasteiger partial charge in [-0.3, -0.25) is 14.9 Å². The van der Waals surface area contributed by atoms with Gasteiger partial charge < -0.3 is 4.74 Å². The van der Waals surface area contributed by atoms with Crippen molar-refractivity contribution < 1.29 is 14.5 Å². The first-order valence-electron chi connectivity index (χ1n) is 4.15. The van der Waals surface area contributed by atoms with Crippen molar-refractivity contribution in [2.45, 2.75) is 6.42 Å². The number of non-ortho nitro benzene ring substituents is 1. The summed E-state index contributed by atoms with van der Waals surface area (Å²) in [7, 11) is 1.23. The molecule has 0 aromatic heterocycles. The van der Waals surface area contributed by atoms with Gasteiger partial charge in [-0.05, 0) is 0 Å². The number of halogens is 2. The number of rotatable bonds is 3. The quantitative estimate of drug-likeness (QED) is 0.478. The molecule has 0 saturated heterocycles. The van der Waals surface area contributed by atoms with Crippen LogP contribution in [-0.4, -0.2) is 18.0 Å². The minimum atomic E-state index is -0.611. The fourth-order valence-corrected chi connectivity index (χ4v) is 1.69. The van der Waals surface area contributed by atoms with Gasteiger partial charge in [0.2, 0.25) is 0 Å². The van der Waals surface area contributed by atoms with E-state index < -0.39 is 10.9 Å². The SMILES string of the molecule is COC(=O)Cc1c(Cl)cc([N+](=O)[O-])cc1Cl. The Bertz CT molecular complexity index is 424. The van der Waals surface area contributed by atoms with Crippen LogP contribution in [-0.2, 0) is 16.0 Å². The second-order valence-electron chi connectivity index (χ2n) is 2.90. The molecule has 5 nitrogen and oxygen atoms in total. The molecule has 0 bridgehead atoms. The van der Waals surface area contributed by atoms with Crippen LogP contribution in [0.5, 0.6) is 0 Å². The highest BCUT2D eigenvalue weighted by atomic mass is 35.5. The van der Waals surface area contributed by atoms with Crippen molar-refractivity contribution in [1.29, 1.82) is 0 Å². The number of hydrogen-bond acceptors (Lipinski definition) is 4. The van der Waals surface area contributed by atoms with E-state index in [0.29, 0.717) is 5.56 Å². The molecule has 16 heavy (non-hydrogen) atoms. The zero-order valence-corrected chi connectivity index (χ0v) is 9.71. The Morgan fingerprint density at radius 3 is 2.31 bits per heavy atom. The van der Waals surface area contributed by atoms with Crippen molar-refractivity contribution in [3.05, 3.63) is 37.9 Å². The Morgan fingerprint density at radius 1 is 1.44 bits per heavy atom. The fourth-order valence-electron chi connectivity index (χ4n) is 1.08. The van der Waals surface area contributed by atoms with Crippen LogP contribution < -0.4 is 0 Å². The molecular formula is C9H7Cl2NO4. The number of hydrogen-bond donors (Lipinski definition) is 0. The van der Waals surface area contributed by atoms with Gasteiger partial charge in [0.25, 0.3) is 5.69 Å². The summed E-state index contributed by atoms with van der Waals surface area (Å²) >= 11 is 11.6. The molecule has 7 heteroatoms. The van der Waals surface area contributed by atoms with Crippen LogP contribution in [0.25, 0.3) is 0 Å². The molecule has 0 aliphatic heterocycles. The van der Waals surface area contributed by atoms with Gasteiger partial charge in [0.15, 0.2) is 0 Å². The Hall–Kier alpha value is -1.33. The first-order valence-corrected chi connectivity index (χ1v) is 4.90. The van der Waals surface area contributed by atoms with Gasteiger partial charge in [-0.25, -0.2) is 0 Å². The van der Waals surface area contributed by atoms with Crippen LogP contribution >= 0.6 is 23.2 Å². The Balaban J connectivity index is 3.12. The van der Waals surface area contributed by atoms with Crippen molar-refractivity contribution in [1.82, 2.24) is 0 Å². The highest BCUT2D eigenvalue weighted by molar-refractivity contribution is 6.36. The van der Waals surface area contributed by atoms with E-state index in [1.165, 1.54) is 7.11 Å². The topological polar surface area (TPSA) is 69.4 Å². The van der Waals surface area contributed by atoms with E-state index >= 15 is 0 Å². The maximum absolute atomic E-state index is 11.0. The summed E-state index contributed by atoms with van der Waals surface area (Å²) in [5.41, 5.74) is 0.101. The number of methoxy groups -OCH3 is 1. The van der Waals surface area contributed by atoms with E-state index in [-0.39, 0.29) is 22.2 Å². The highest BCUT2D eigenvalue weighted by Crippen LogP contribution is 2.30. The molecule has 0 atom stereocenters. The molecule has 0 N–H and O–H groups in total. The van der Waals surface area contributed by atoms with Crippen molar-refractivity contribution in [2.24, 2.45) is 0 Å². The summed E-state index contributed by atoms with van der Waals surface area (Å²) in [6, 6.07) is 2.29. The Morgan fingerprint density at radius 2 is 1.94 bits per heavy atom. The molecule has 0 heterocycles. The summed E-state index contributed by atoms with van der Waals surface area (Å²) in [6.07, 6.45) is -0.119. The van der Waals surface area contributed by atoms with Gasteiger partial charge >= 0.3 is 5.97 Å². The molecule has 0 fully saturated rings. The molecule has 0 radical (unpaired) electrons. The first-order chi connectivity index (χ1) is 7.45. The minimum Gasteiger partial charge on any atom is -0.469 e. The predicted octanol–water partition coefficient (Wildman–Crippen LogP) is 2.62. The normalized spacial score (nSPS) is 9.94. The second kappa shape index (κ2) is 5.14. The molecule has 0 aliphatic rings. The molecule has 0 spiro atoms. The first kappa shape index (κ1) is 12.7. The van der Waals surface area contributed by atoms with E-state index in [2.05, 4.69) is 4.74 Å². The lowest BCUT2D eigenvalue weighted by Crippen LogP contribution is -2.05. The number of nitrogens with zero attached hydrogens (tertiary/aromatic N) is 1. The zero-order chi connectivity index (χ0) is 12.3. The van der Waals surface area contributed by atoms with Crippen LogP contribution in [0.15, 0.2) is 12.1 Å². The van der Waals surface area contributed by atoms with Crippen LogP contribution in [0, 0.1) is 10.1 Å². The third kappa shape index (κ3) is 2.84. The molecule has 0 amide bonds. The van der Waals surface area contributed by atoms with Gasteiger partial charge in [0.1, 0.15) is 0 Å². The van der Waals surface area contributed by atoms with Gasteiger partial charge in [-0.2, -0.15) is 0 Å². The van der Waals surface area contributed by atoms with Crippen LogP contribution in [0.2, 0.25) is 10.0 Å². The molecule has 0 unspecified atom stereocenters. The summed E-state index contributed by atoms with van der Waals surface area (Å²) in [4.78, 5) is 20.9. The summed E-state index contributed by atoms with van der Waals surface area (Å²) in [5.74, 6) is -0.516. The molecular weight excluding hydrogens is 257 g/mol. The van der Waals surface area contributed by atoms with E-state index in [9.17, 15) is 14.9 Å². The third-order valence-electron chi connectivity index (χ3n) is 1.89.